The normalized spacial score (nSPS) is 27.6. The predicted octanol–water partition coefficient (Wildman–Crippen LogP) is 1.24. The lowest BCUT2D eigenvalue weighted by molar-refractivity contribution is 0.0576. The van der Waals surface area contributed by atoms with Gasteiger partial charge >= 0.3 is 0 Å². The van der Waals surface area contributed by atoms with E-state index in [4.69, 9.17) is 11.6 Å². The summed E-state index contributed by atoms with van der Waals surface area (Å²) in [5, 5.41) is 4.50. The predicted molar refractivity (Wildman–Crippen MR) is 73.3 cm³/mol. The summed E-state index contributed by atoms with van der Waals surface area (Å²) in [6.45, 7) is 2.88. The lowest BCUT2D eigenvalue weighted by atomic mass is 9.94. The number of likely N-dealkylation sites (N-methyl/N-ethyl adjacent to an activating group) is 1. The summed E-state index contributed by atoms with van der Waals surface area (Å²) >= 11 is 6.09. The molecule has 19 heavy (non-hydrogen) atoms. The Morgan fingerprint density at radius 3 is 2.79 bits per heavy atom. The zero-order valence-electron chi connectivity index (χ0n) is 11.3. The molecular formula is C13H19ClN4O. The lowest BCUT2D eigenvalue weighted by Crippen LogP contribution is -2.47. The van der Waals surface area contributed by atoms with Gasteiger partial charge in [-0.15, -0.1) is 0 Å². The first kappa shape index (κ1) is 12.9. The summed E-state index contributed by atoms with van der Waals surface area (Å²) in [5.74, 6) is 0.606. The number of aromatic nitrogens is 2. The number of rotatable bonds is 1. The second-order valence-electron chi connectivity index (χ2n) is 5.74. The van der Waals surface area contributed by atoms with Crippen LogP contribution in [0.15, 0.2) is 6.20 Å². The first-order chi connectivity index (χ1) is 9.06. The van der Waals surface area contributed by atoms with Crippen molar-refractivity contribution in [3.63, 3.8) is 0 Å². The Kier molecular flexibility index (Phi) is 3.27. The van der Waals surface area contributed by atoms with E-state index in [-0.39, 0.29) is 5.91 Å². The van der Waals surface area contributed by atoms with Crippen molar-refractivity contribution >= 4 is 17.5 Å². The average molecular weight is 283 g/mol. The highest BCUT2D eigenvalue weighted by molar-refractivity contribution is 6.33. The van der Waals surface area contributed by atoms with Gasteiger partial charge in [0.05, 0.1) is 11.2 Å². The van der Waals surface area contributed by atoms with Gasteiger partial charge in [0.1, 0.15) is 5.69 Å². The van der Waals surface area contributed by atoms with Crippen LogP contribution in [-0.2, 0) is 7.05 Å². The van der Waals surface area contributed by atoms with Crippen LogP contribution in [0.1, 0.15) is 23.3 Å². The van der Waals surface area contributed by atoms with Gasteiger partial charge in [-0.05, 0) is 25.8 Å². The van der Waals surface area contributed by atoms with E-state index < -0.39 is 0 Å². The summed E-state index contributed by atoms with van der Waals surface area (Å²) in [6, 6.07) is 0.308. The topological polar surface area (TPSA) is 41.4 Å². The third kappa shape index (κ3) is 2.25. The van der Waals surface area contributed by atoms with Gasteiger partial charge in [0.15, 0.2) is 0 Å². The molecule has 4 heterocycles. The maximum absolute atomic E-state index is 12.7. The van der Waals surface area contributed by atoms with Gasteiger partial charge in [0, 0.05) is 32.7 Å². The molecule has 4 rings (SSSR count). The molecule has 0 radical (unpaired) electrons. The Morgan fingerprint density at radius 1 is 1.32 bits per heavy atom. The van der Waals surface area contributed by atoms with Crippen LogP contribution < -0.4 is 0 Å². The number of piperidine rings is 1. The van der Waals surface area contributed by atoms with Crippen molar-refractivity contribution in [2.24, 2.45) is 13.0 Å². The van der Waals surface area contributed by atoms with Crippen LogP contribution in [-0.4, -0.2) is 58.2 Å². The molecule has 3 fully saturated rings. The molecule has 3 aliphatic rings. The van der Waals surface area contributed by atoms with E-state index in [1.807, 2.05) is 4.90 Å². The van der Waals surface area contributed by atoms with Crippen molar-refractivity contribution in [1.82, 2.24) is 19.6 Å². The highest BCUT2D eigenvalue weighted by atomic mass is 35.5. The highest BCUT2D eigenvalue weighted by Gasteiger charge is 2.37. The Bertz CT molecular complexity index is 481. The lowest BCUT2D eigenvalue weighted by Gasteiger charge is -2.36. The van der Waals surface area contributed by atoms with Gasteiger partial charge < -0.3 is 9.80 Å². The second kappa shape index (κ2) is 4.80. The van der Waals surface area contributed by atoms with Crippen LogP contribution in [0.3, 0.4) is 0 Å². The third-order valence-electron chi connectivity index (χ3n) is 4.25. The number of fused-ring (bicyclic) bond motifs is 4. The zero-order chi connectivity index (χ0) is 13.6. The number of amides is 1. The quantitative estimate of drug-likeness (QED) is 0.778. The maximum atomic E-state index is 12.7. The molecule has 5 nitrogen and oxygen atoms in total. The molecule has 0 N–H and O–H groups in total. The molecule has 0 aliphatic carbocycles. The fraction of sp³-hybridized carbons (Fsp3) is 0.692. The summed E-state index contributed by atoms with van der Waals surface area (Å²) in [4.78, 5) is 17.0. The summed E-state index contributed by atoms with van der Waals surface area (Å²) in [7, 11) is 3.90. The summed E-state index contributed by atoms with van der Waals surface area (Å²) in [6.07, 6.45) is 3.85. The Balaban J connectivity index is 1.88. The number of carbonyl (C=O) groups is 1. The molecule has 2 atom stereocenters. The van der Waals surface area contributed by atoms with Crippen LogP contribution in [0.25, 0.3) is 0 Å². The van der Waals surface area contributed by atoms with Crippen LogP contribution in [0.2, 0.25) is 5.02 Å². The smallest absolute Gasteiger partial charge is 0.273 e. The largest absolute Gasteiger partial charge is 0.333 e. The van der Waals surface area contributed by atoms with Crippen molar-refractivity contribution in [2.75, 3.05) is 26.7 Å². The zero-order valence-corrected chi connectivity index (χ0v) is 12.1. The fourth-order valence-corrected chi connectivity index (χ4v) is 3.60. The molecule has 0 aromatic carbocycles. The minimum atomic E-state index is 0.0231. The van der Waals surface area contributed by atoms with Crippen molar-refractivity contribution in [1.29, 1.82) is 0 Å². The standard InChI is InChI=1S/C13H19ClN4O/c1-16-6-9-3-4-10(8-16)18(7-9)13(19)12-11(14)5-15-17(12)2/h5,9-10H,3-4,6-8H2,1-2H3/t9-,10+/m1/s1. The molecule has 1 aromatic heterocycles. The summed E-state index contributed by atoms with van der Waals surface area (Å²) in [5.41, 5.74) is 0.511. The van der Waals surface area contributed by atoms with E-state index in [9.17, 15) is 4.79 Å². The summed E-state index contributed by atoms with van der Waals surface area (Å²) < 4.78 is 1.58. The van der Waals surface area contributed by atoms with E-state index in [0.29, 0.717) is 22.7 Å². The second-order valence-corrected chi connectivity index (χ2v) is 6.15. The monoisotopic (exact) mass is 282 g/mol. The third-order valence-corrected chi connectivity index (χ3v) is 4.53. The molecule has 1 amide bonds. The van der Waals surface area contributed by atoms with Crippen LogP contribution >= 0.6 is 11.6 Å². The minimum Gasteiger partial charge on any atom is -0.333 e. The van der Waals surface area contributed by atoms with Gasteiger partial charge in [0.25, 0.3) is 5.91 Å². The average Bonchev–Trinajstić information content (AvgIpc) is 2.54. The number of nitrogens with zero attached hydrogens (tertiary/aromatic N) is 4. The number of halogens is 1. The fourth-order valence-electron chi connectivity index (χ4n) is 3.35. The SMILES string of the molecule is CN1C[C@H]2CC[C@@H](C1)N(C(=O)c1c(Cl)cnn1C)C2. The van der Waals surface area contributed by atoms with E-state index in [1.165, 1.54) is 12.6 Å². The number of carbonyl (C=O) groups excluding carboxylic acids is 1. The van der Waals surface area contributed by atoms with Gasteiger partial charge in [-0.2, -0.15) is 5.10 Å². The molecule has 0 unspecified atom stereocenters. The van der Waals surface area contributed by atoms with Gasteiger partial charge in [0.2, 0.25) is 0 Å². The molecule has 3 saturated heterocycles. The van der Waals surface area contributed by atoms with E-state index in [1.54, 1.807) is 11.7 Å². The van der Waals surface area contributed by atoms with E-state index in [0.717, 1.165) is 26.1 Å². The Morgan fingerprint density at radius 2 is 2.11 bits per heavy atom. The molecule has 2 bridgehead atoms. The van der Waals surface area contributed by atoms with E-state index >= 15 is 0 Å². The van der Waals surface area contributed by atoms with Crippen molar-refractivity contribution < 1.29 is 4.79 Å². The molecule has 6 heteroatoms. The molecule has 104 valence electrons. The number of hydrogen-bond donors (Lipinski definition) is 0. The minimum absolute atomic E-state index is 0.0231. The van der Waals surface area contributed by atoms with Crippen molar-refractivity contribution in [3.05, 3.63) is 16.9 Å². The molecule has 1 aromatic rings. The first-order valence-electron chi connectivity index (χ1n) is 6.73. The molecular weight excluding hydrogens is 264 g/mol. The highest BCUT2D eigenvalue weighted by Crippen LogP contribution is 2.29. The molecule has 0 saturated carbocycles. The van der Waals surface area contributed by atoms with Gasteiger partial charge in [-0.25, -0.2) is 0 Å². The molecule has 0 spiro atoms. The number of hydrogen-bond acceptors (Lipinski definition) is 3. The van der Waals surface area contributed by atoms with Gasteiger partial charge in [-0.1, -0.05) is 11.6 Å². The first-order valence-corrected chi connectivity index (χ1v) is 7.11. The van der Waals surface area contributed by atoms with Crippen LogP contribution in [0, 0.1) is 5.92 Å². The molecule has 3 aliphatic heterocycles. The Hall–Kier alpha value is -1.07. The van der Waals surface area contributed by atoms with Crippen LogP contribution in [0.5, 0.6) is 0 Å². The van der Waals surface area contributed by atoms with Crippen molar-refractivity contribution in [3.8, 4) is 0 Å². The maximum Gasteiger partial charge on any atom is 0.273 e. The number of aryl methyl sites for hydroxylation is 1. The Labute approximate surface area is 118 Å². The van der Waals surface area contributed by atoms with Crippen molar-refractivity contribution in [2.45, 2.75) is 18.9 Å². The van der Waals surface area contributed by atoms with E-state index in [2.05, 4.69) is 17.0 Å². The van der Waals surface area contributed by atoms with Gasteiger partial charge in [-0.3, -0.25) is 9.48 Å². The van der Waals surface area contributed by atoms with Crippen LogP contribution in [0.4, 0.5) is 0 Å².